The first-order valence-electron chi connectivity index (χ1n) is 7.90. The van der Waals surface area contributed by atoms with Crippen molar-refractivity contribution in [2.75, 3.05) is 12.5 Å². The molecular weight excluding hydrogens is 324 g/mol. The molecule has 0 aliphatic heterocycles. The van der Waals surface area contributed by atoms with E-state index >= 15 is 0 Å². The van der Waals surface area contributed by atoms with E-state index in [1.165, 1.54) is 0 Å². The van der Waals surface area contributed by atoms with Crippen molar-refractivity contribution in [3.8, 4) is 11.6 Å². The summed E-state index contributed by atoms with van der Waals surface area (Å²) in [7, 11) is 0. The normalized spacial score (nSPS) is 11.4. The van der Waals surface area contributed by atoms with Crippen LogP contribution in [0.1, 0.15) is 18.4 Å². The lowest BCUT2D eigenvalue weighted by Crippen LogP contribution is -1.97. The zero-order chi connectivity index (χ0) is 16.8. The largest absolute Gasteiger partial charge is 0.494 e. The lowest BCUT2D eigenvalue weighted by atomic mass is 10.2. The summed E-state index contributed by atoms with van der Waals surface area (Å²) in [6.45, 7) is 0.665. The van der Waals surface area contributed by atoms with Crippen LogP contribution in [-0.2, 0) is 0 Å². The highest BCUT2D eigenvalue weighted by Crippen LogP contribution is 2.26. The number of fused-ring (bicyclic) bond motifs is 1. The highest BCUT2D eigenvalue weighted by atomic mass is 35.5. The molecule has 2 aromatic carbocycles. The Morgan fingerprint density at radius 1 is 1.08 bits per heavy atom. The van der Waals surface area contributed by atoms with E-state index in [0.29, 0.717) is 18.1 Å². The summed E-state index contributed by atoms with van der Waals surface area (Å²) >= 11 is 5.64. The van der Waals surface area contributed by atoms with Gasteiger partial charge in [-0.05, 0) is 43.2 Å². The Kier molecular flexibility index (Phi) is 5.39. The van der Waals surface area contributed by atoms with Crippen LogP contribution in [0.25, 0.3) is 10.9 Å². The topological polar surface area (TPSA) is 57.6 Å². The number of nitrogens with zero attached hydrogens (tertiary/aromatic N) is 1. The highest BCUT2D eigenvalue weighted by Gasteiger charge is 2.07. The summed E-state index contributed by atoms with van der Waals surface area (Å²) in [6, 6.07) is 15.3. The number of aromatic amines is 1. The third-order valence-electron chi connectivity index (χ3n) is 3.70. The van der Waals surface area contributed by atoms with Gasteiger partial charge in [-0.2, -0.15) is 0 Å². The van der Waals surface area contributed by atoms with Crippen LogP contribution < -0.4 is 4.74 Å². The summed E-state index contributed by atoms with van der Waals surface area (Å²) in [4.78, 5) is 7.37. The number of aromatic nitrogens is 1. The van der Waals surface area contributed by atoms with Crippen molar-refractivity contribution in [3.05, 3.63) is 54.1 Å². The Hall–Kier alpha value is -2.46. The summed E-state index contributed by atoms with van der Waals surface area (Å²) < 4.78 is 5.63. The number of aliphatic imine (C=N–C) groups is 1. The predicted molar refractivity (Wildman–Crippen MR) is 99.1 cm³/mol. The van der Waals surface area contributed by atoms with Crippen LogP contribution >= 0.6 is 11.6 Å². The van der Waals surface area contributed by atoms with Crippen molar-refractivity contribution >= 4 is 34.4 Å². The van der Waals surface area contributed by atoms with E-state index in [2.05, 4.69) is 9.98 Å². The third kappa shape index (κ3) is 3.89. The Bertz CT molecular complexity index is 825. The van der Waals surface area contributed by atoms with E-state index in [4.69, 9.17) is 16.3 Å². The van der Waals surface area contributed by atoms with Crippen LogP contribution in [0, 0.1) is 0 Å². The van der Waals surface area contributed by atoms with Gasteiger partial charge < -0.3 is 14.8 Å². The van der Waals surface area contributed by atoms with Gasteiger partial charge in [-0.15, -0.1) is 11.6 Å². The smallest absolute Gasteiger partial charge is 0.198 e. The average molecular weight is 343 g/mol. The molecular formula is C19H19ClN2O2. The number of halogens is 1. The monoisotopic (exact) mass is 342 g/mol. The molecule has 1 heterocycles. The fraction of sp³-hybridized carbons (Fsp3) is 0.211. The molecule has 0 saturated carbocycles. The van der Waals surface area contributed by atoms with Crippen LogP contribution in [0.4, 0.5) is 5.69 Å². The van der Waals surface area contributed by atoms with E-state index in [9.17, 15) is 5.11 Å². The summed E-state index contributed by atoms with van der Waals surface area (Å²) in [6.07, 6.45) is 3.58. The van der Waals surface area contributed by atoms with Crippen molar-refractivity contribution in [1.29, 1.82) is 0 Å². The number of nitrogens with one attached hydrogen (secondary N) is 1. The quantitative estimate of drug-likeness (QED) is 0.360. The van der Waals surface area contributed by atoms with Crippen molar-refractivity contribution in [2.45, 2.75) is 12.8 Å². The van der Waals surface area contributed by atoms with E-state index < -0.39 is 0 Å². The van der Waals surface area contributed by atoms with Gasteiger partial charge in [0.15, 0.2) is 5.88 Å². The molecule has 3 aromatic rings. The number of alkyl halides is 1. The van der Waals surface area contributed by atoms with E-state index in [-0.39, 0.29) is 5.88 Å². The van der Waals surface area contributed by atoms with Crippen LogP contribution in [-0.4, -0.2) is 28.8 Å². The van der Waals surface area contributed by atoms with Crippen LogP contribution in [0.2, 0.25) is 0 Å². The number of para-hydroxylation sites is 1. The molecule has 0 spiro atoms. The maximum atomic E-state index is 10.0. The van der Waals surface area contributed by atoms with Crippen LogP contribution in [0.5, 0.6) is 11.6 Å². The van der Waals surface area contributed by atoms with Gasteiger partial charge in [0, 0.05) is 23.0 Å². The van der Waals surface area contributed by atoms with Crippen molar-refractivity contribution in [3.63, 3.8) is 0 Å². The van der Waals surface area contributed by atoms with E-state index in [1.807, 2.05) is 48.5 Å². The molecule has 4 nitrogen and oxygen atoms in total. The van der Waals surface area contributed by atoms with Gasteiger partial charge in [0.1, 0.15) is 5.75 Å². The standard InChI is InChI=1S/C19H19ClN2O2/c20-11-3-4-12-24-15-9-7-14(8-10-15)21-13-17-16-5-1-2-6-18(16)22-19(17)23/h1-2,5-10,13,22-23H,3-4,11-12H2. The van der Waals surface area contributed by atoms with E-state index in [0.717, 1.165) is 35.2 Å². The first-order chi connectivity index (χ1) is 11.8. The number of ether oxygens (including phenoxy) is 1. The number of H-pyrrole nitrogens is 1. The van der Waals surface area contributed by atoms with Gasteiger partial charge in [0.25, 0.3) is 0 Å². The summed E-state index contributed by atoms with van der Waals surface area (Å²) in [5.41, 5.74) is 2.37. The molecule has 0 unspecified atom stereocenters. The number of hydrogen-bond donors (Lipinski definition) is 2. The van der Waals surface area contributed by atoms with Gasteiger partial charge >= 0.3 is 0 Å². The minimum Gasteiger partial charge on any atom is -0.494 e. The Balaban J connectivity index is 1.69. The zero-order valence-electron chi connectivity index (χ0n) is 13.2. The molecule has 0 fully saturated rings. The van der Waals surface area contributed by atoms with Gasteiger partial charge in [0.2, 0.25) is 0 Å². The van der Waals surface area contributed by atoms with Crippen LogP contribution in [0.3, 0.4) is 0 Å². The third-order valence-corrected chi connectivity index (χ3v) is 3.97. The minimum atomic E-state index is 0.124. The van der Waals surface area contributed by atoms with Crippen molar-refractivity contribution in [2.24, 2.45) is 4.99 Å². The zero-order valence-corrected chi connectivity index (χ0v) is 14.0. The molecule has 0 amide bonds. The minimum absolute atomic E-state index is 0.124. The van der Waals surface area contributed by atoms with E-state index in [1.54, 1.807) is 6.21 Å². The molecule has 0 bridgehead atoms. The molecule has 0 aliphatic rings. The number of unbranched alkanes of at least 4 members (excludes halogenated alkanes) is 1. The first-order valence-corrected chi connectivity index (χ1v) is 8.44. The molecule has 2 N–H and O–H groups in total. The second kappa shape index (κ2) is 7.88. The Labute approximate surface area is 145 Å². The molecule has 1 aromatic heterocycles. The molecule has 0 atom stereocenters. The Morgan fingerprint density at radius 2 is 1.88 bits per heavy atom. The first kappa shape index (κ1) is 16.4. The molecule has 24 heavy (non-hydrogen) atoms. The second-order valence-electron chi connectivity index (χ2n) is 5.43. The maximum Gasteiger partial charge on any atom is 0.198 e. The molecule has 3 rings (SSSR count). The average Bonchev–Trinajstić information content (AvgIpc) is 2.93. The lowest BCUT2D eigenvalue weighted by molar-refractivity contribution is 0.310. The van der Waals surface area contributed by atoms with Gasteiger partial charge in [-0.25, -0.2) is 0 Å². The molecule has 124 valence electrons. The molecule has 0 saturated heterocycles. The van der Waals surface area contributed by atoms with Crippen LogP contribution in [0.15, 0.2) is 53.5 Å². The fourth-order valence-electron chi connectivity index (χ4n) is 2.43. The Morgan fingerprint density at radius 3 is 2.67 bits per heavy atom. The SMILES string of the molecule is Oc1[nH]c2ccccc2c1C=Nc1ccc(OCCCCCl)cc1. The summed E-state index contributed by atoms with van der Waals surface area (Å²) in [5, 5.41) is 11.0. The van der Waals surface area contributed by atoms with Gasteiger partial charge in [0.05, 0.1) is 17.9 Å². The molecule has 5 heteroatoms. The fourth-order valence-corrected chi connectivity index (χ4v) is 2.62. The molecule has 0 aliphatic carbocycles. The van der Waals surface area contributed by atoms with Gasteiger partial charge in [-0.3, -0.25) is 4.99 Å². The van der Waals surface area contributed by atoms with Crippen molar-refractivity contribution < 1.29 is 9.84 Å². The number of aromatic hydroxyl groups is 1. The lowest BCUT2D eigenvalue weighted by Gasteiger charge is -2.05. The number of benzene rings is 2. The second-order valence-corrected chi connectivity index (χ2v) is 5.81. The molecule has 0 radical (unpaired) electrons. The van der Waals surface area contributed by atoms with Gasteiger partial charge in [-0.1, -0.05) is 18.2 Å². The summed E-state index contributed by atoms with van der Waals surface area (Å²) in [5.74, 6) is 1.61. The number of rotatable bonds is 7. The highest BCUT2D eigenvalue weighted by molar-refractivity contribution is 6.17. The van der Waals surface area contributed by atoms with Crippen molar-refractivity contribution in [1.82, 2.24) is 4.98 Å². The number of hydrogen-bond acceptors (Lipinski definition) is 3. The predicted octanol–water partition coefficient (Wildman–Crippen LogP) is 5.02. The maximum absolute atomic E-state index is 10.0.